The van der Waals surface area contributed by atoms with E-state index in [-0.39, 0.29) is 6.10 Å². The monoisotopic (exact) mass is 345 g/mol. The van der Waals surface area contributed by atoms with Crippen LogP contribution in [0.4, 0.5) is 0 Å². The predicted molar refractivity (Wildman–Crippen MR) is 84.1 cm³/mol. The van der Waals surface area contributed by atoms with Crippen LogP contribution < -0.4 is 5.32 Å². The molecule has 1 rings (SSSR count). The molecule has 1 aromatic carbocycles. The van der Waals surface area contributed by atoms with E-state index in [0.29, 0.717) is 26.4 Å². The normalized spacial score (nSPS) is 12.6. The number of nitrogens with one attached hydrogen (secondary N) is 1. The highest BCUT2D eigenvalue weighted by atomic mass is 79.9. The fraction of sp³-hybridized carbons (Fsp3) is 0.600. The molecule has 0 bridgehead atoms. The number of ether oxygens (including phenoxy) is 3. The maximum Gasteiger partial charge on any atom is 0.0950 e. The highest BCUT2D eigenvalue weighted by Gasteiger charge is 2.11. The smallest absolute Gasteiger partial charge is 0.0950 e. The molecule has 1 N–H and O–H groups in total. The standard InChI is InChI=1S/C15H24BrNO3/c1-3-17-12-15(13-5-4-6-14(16)11-13)20-10-9-19-8-7-18-2/h4-6,11,15,17H,3,7-10,12H2,1-2H3. The van der Waals surface area contributed by atoms with Gasteiger partial charge in [0.05, 0.1) is 32.5 Å². The molecule has 114 valence electrons. The van der Waals surface area contributed by atoms with Gasteiger partial charge in [0.25, 0.3) is 0 Å². The first-order chi connectivity index (χ1) is 9.77. The average molecular weight is 346 g/mol. The van der Waals surface area contributed by atoms with Gasteiger partial charge in [0, 0.05) is 18.1 Å². The summed E-state index contributed by atoms with van der Waals surface area (Å²) < 4.78 is 17.3. The number of methoxy groups -OCH3 is 1. The molecule has 0 heterocycles. The number of hydrogen-bond acceptors (Lipinski definition) is 4. The molecular weight excluding hydrogens is 322 g/mol. The predicted octanol–water partition coefficient (Wildman–Crippen LogP) is 2.78. The Morgan fingerprint density at radius 3 is 2.70 bits per heavy atom. The molecule has 0 aliphatic carbocycles. The van der Waals surface area contributed by atoms with E-state index in [4.69, 9.17) is 14.2 Å². The van der Waals surface area contributed by atoms with Gasteiger partial charge >= 0.3 is 0 Å². The lowest BCUT2D eigenvalue weighted by atomic mass is 10.1. The summed E-state index contributed by atoms with van der Waals surface area (Å²) in [4.78, 5) is 0. The maximum absolute atomic E-state index is 5.92. The Morgan fingerprint density at radius 2 is 2.00 bits per heavy atom. The van der Waals surface area contributed by atoms with Gasteiger partial charge in [-0.05, 0) is 24.2 Å². The van der Waals surface area contributed by atoms with E-state index in [2.05, 4.69) is 40.3 Å². The Morgan fingerprint density at radius 1 is 1.20 bits per heavy atom. The van der Waals surface area contributed by atoms with E-state index in [0.717, 1.165) is 23.1 Å². The zero-order valence-electron chi connectivity index (χ0n) is 12.2. The van der Waals surface area contributed by atoms with E-state index in [1.807, 2.05) is 12.1 Å². The topological polar surface area (TPSA) is 39.7 Å². The lowest BCUT2D eigenvalue weighted by Gasteiger charge is -2.19. The molecule has 20 heavy (non-hydrogen) atoms. The quantitative estimate of drug-likeness (QED) is 0.626. The van der Waals surface area contributed by atoms with Gasteiger partial charge in [-0.2, -0.15) is 0 Å². The van der Waals surface area contributed by atoms with Gasteiger partial charge in [-0.25, -0.2) is 0 Å². The van der Waals surface area contributed by atoms with Gasteiger partial charge < -0.3 is 19.5 Å². The SMILES string of the molecule is CCNCC(OCCOCCOC)c1cccc(Br)c1. The van der Waals surface area contributed by atoms with Crippen molar-refractivity contribution in [1.29, 1.82) is 0 Å². The minimum Gasteiger partial charge on any atom is -0.382 e. The molecule has 4 nitrogen and oxygen atoms in total. The van der Waals surface area contributed by atoms with Gasteiger partial charge in [-0.1, -0.05) is 35.0 Å². The second-order valence-corrected chi connectivity index (χ2v) is 5.24. The largest absolute Gasteiger partial charge is 0.382 e. The summed E-state index contributed by atoms with van der Waals surface area (Å²) in [5.41, 5.74) is 1.16. The van der Waals surface area contributed by atoms with Crippen LogP contribution >= 0.6 is 15.9 Å². The molecule has 1 aromatic rings. The summed E-state index contributed by atoms with van der Waals surface area (Å²) in [6, 6.07) is 8.21. The number of benzene rings is 1. The lowest BCUT2D eigenvalue weighted by Crippen LogP contribution is -2.24. The van der Waals surface area contributed by atoms with Crippen molar-refractivity contribution in [2.24, 2.45) is 0 Å². The van der Waals surface area contributed by atoms with E-state index in [1.54, 1.807) is 7.11 Å². The zero-order chi connectivity index (χ0) is 14.6. The van der Waals surface area contributed by atoms with Gasteiger partial charge in [0.2, 0.25) is 0 Å². The fourth-order valence-corrected chi connectivity index (χ4v) is 2.17. The van der Waals surface area contributed by atoms with E-state index in [1.165, 1.54) is 0 Å². The second-order valence-electron chi connectivity index (χ2n) is 4.33. The second kappa shape index (κ2) is 11.2. The summed E-state index contributed by atoms with van der Waals surface area (Å²) in [5, 5.41) is 3.33. The summed E-state index contributed by atoms with van der Waals surface area (Å²) in [7, 11) is 1.67. The molecular formula is C15H24BrNO3. The minimum atomic E-state index is 0.0403. The number of hydrogen-bond donors (Lipinski definition) is 1. The zero-order valence-corrected chi connectivity index (χ0v) is 13.8. The van der Waals surface area contributed by atoms with Gasteiger partial charge in [-0.15, -0.1) is 0 Å². The minimum absolute atomic E-state index is 0.0403. The third kappa shape index (κ3) is 7.36. The van der Waals surface area contributed by atoms with Crippen molar-refractivity contribution in [3.05, 3.63) is 34.3 Å². The third-order valence-electron chi connectivity index (χ3n) is 2.78. The van der Waals surface area contributed by atoms with Crippen molar-refractivity contribution in [1.82, 2.24) is 5.32 Å². The Balaban J connectivity index is 2.40. The molecule has 0 aliphatic heterocycles. The summed E-state index contributed by atoms with van der Waals surface area (Å²) in [6.07, 6.45) is 0.0403. The van der Waals surface area contributed by atoms with E-state index < -0.39 is 0 Å². The summed E-state index contributed by atoms with van der Waals surface area (Å²) in [6.45, 7) is 6.20. The number of rotatable bonds is 11. The maximum atomic E-state index is 5.92. The first-order valence-electron chi connectivity index (χ1n) is 6.92. The summed E-state index contributed by atoms with van der Waals surface area (Å²) in [5.74, 6) is 0. The highest BCUT2D eigenvalue weighted by molar-refractivity contribution is 9.10. The van der Waals surface area contributed by atoms with Gasteiger partial charge in [-0.3, -0.25) is 0 Å². The Bertz CT molecular complexity index is 363. The van der Waals surface area contributed by atoms with Crippen LogP contribution in [0, 0.1) is 0 Å². The van der Waals surface area contributed by atoms with Gasteiger partial charge in [0.15, 0.2) is 0 Å². The molecule has 0 radical (unpaired) electrons. The van der Waals surface area contributed by atoms with Crippen LogP contribution in [0.3, 0.4) is 0 Å². The van der Waals surface area contributed by atoms with Crippen molar-refractivity contribution in [2.45, 2.75) is 13.0 Å². The van der Waals surface area contributed by atoms with Gasteiger partial charge in [0.1, 0.15) is 0 Å². The van der Waals surface area contributed by atoms with Crippen molar-refractivity contribution in [2.75, 3.05) is 46.6 Å². The van der Waals surface area contributed by atoms with Crippen LogP contribution in [-0.4, -0.2) is 46.6 Å². The Hall–Kier alpha value is -0.460. The highest BCUT2D eigenvalue weighted by Crippen LogP contribution is 2.20. The van der Waals surface area contributed by atoms with E-state index >= 15 is 0 Å². The van der Waals surface area contributed by atoms with Crippen LogP contribution in [0.5, 0.6) is 0 Å². The van der Waals surface area contributed by atoms with E-state index in [9.17, 15) is 0 Å². The average Bonchev–Trinajstić information content (AvgIpc) is 2.45. The molecule has 0 aromatic heterocycles. The number of halogens is 1. The van der Waals surface area contributed by atoms with Crippen LogP contribution in [0.1, 0.15) is 18.6 Å². The van der Waals surface area contributed by atoms with Crippen molar-refractivity contribution < 1.29 is 14.2 Å². The first kappa shape index (κ1) is 17.6. The third-order valence-corrected chi connectivity index (χ3v) is 3.27. The molecule has 1 unspecified atom stereocenters. The van der Waals surface area contributed by atoms with Crippen LogP contribution in [0.25, 0.3) is 0 Å². The van der Waals surface area contributed by atoms with Crippen LogP contribution in [0.2, 0.25) is 0 Å². The molecule has 0 aliphatic rings. The first-order valence-corrected chi connectivity index (χ1v) is 7.71. The Kier molecular flexibility index (Phi) is 9.87. The van der Waals surface area contributed by atoms with Crippen molar-refractivity contribution in [3.8, 4) is 0 Å². The molecule has 5 heteroatoms. The van der Waals surface area contributed by atoms with Crippen LogP contribution in [-0.2, 0) is 14.2 Å². The van der Waals surface area contributed by atoms with Crippen LogP contribution in [0.15, 0.2) is 28.7 Å². The molecule has 0 fully saturated rings. The molecule has 0 saturated carbocycles. The van der Waals surface area contributed by atoms with Crippen molar-refractivity contribution >= 4 is 15.9 Å². The molecule has 0 amide bonds. The summed E-state index contributed by atoms with van der Waals surface area (Å²) >= 11 is 3.49. The number of likely N-dealkylation sites (N-methyl/N-ethyl adjacent to an activating group) is 1. The molecule has 1 atom stereocenters. The lowest BCUT2D eigenvalue weighted by molar-refractivity contribution is -0.00672. The molecule has 0 saturated heterocycles. The Labute approximate surface area is 129 Å². The fourth-order valence-electron chi connectivity index (χ4n) is 1.75. The molecule has 0 spiro atoms. The van der Waals surface area contributed by atoms with Crippen molar-refractivity contribution in [3.63, 3.8) is 0 Å².